The van der Waals surface area contributed by atoms with Crippen LogP contribution < -0.4 is 4.90 Å². The lowest BCUT2D eigenvalue weighted by Gasteiger charge is -2.24. The summed E-state index contributed by atoms with van der Waals surface area (Å²) in [5.74, 6) is 0.210. The van der Waals surface area contributed by atoms with Crippen molar-refractivity contribution >= 4 is 17.4 Å². The van der Waals surface area contributed by atoms with E-state index in [2.05, 4.69) is 9.97 Å². The zero-order valence-electron chi connectivity index (χ0n) is 9.55. The number of halogens is 4. The molecule has 0 atom stereocenters. The quantitative estimate of drug-likeness (QED) is 0.785. The number of rotatable bonds is 4. The van der Waals surface area contributed by atoms with Crippen LogP contribution in [0.25, 0.3) is 0 Å². The lowest BCUT2D eigenvalue weighted by molar-refractivity contribution is -0.119. The SMILES string of the molecule is CCCN(CC(F)(F)F)c1cc(C)nc(Cl)n1. The smallest absolute Gasteiger partial charge is 0.347 e. The highest BCUT2D eigenvalue weighted by Crippen LogP contribution is 2.22. The van der Waals surface area contributed by atoms with Crippen LogP contribution in [0, 0.1) is 6.92 Å². The highest BCUT2D eigenvalue weighted by atomic mass is 35.5. The summed E-state index contributed by atoms with van der Waals surface area (Å²) in [5, 5.41) is -0.0386. The number of aromatic nitrogens is 2. The van der Waals surface area contributed by atoms with Gasteiger partial charge in [0.15, 0.2) is 0 Å². The molecule has 96 valence electrons. The van der Waals surface area contributed by atoms with Gasteiger partial charge in [-0.3, -0.25) is 0 Å². The Balaban J connectivity index is 2.96. The van der Waals surface area contributed by atoms with Crippen molar-refractivity contribution in [3.05, 3.63) is 17.0 Å². The third-order valence-electron chi connectivity index (χ3n) is 2.00. The predicted octanol–water partition coefficient (Wildman–Crippen LogP) is 3.22. The van der Waals surface area contributed by atoms with Gasteiger partial charge in [0.05, 0.1) is 0 Å². The van der Waals surface area contributed by atoms with Gasteiger partial charge in [0.2, 0.25) is 5.28 Å². The molecule has 0 amide bonds. The largest absolute Gasteiger partial charge is 0.405 e. The van der Waals surface area contributed by atoms with E-state index in [9.17, 15) is 13.2 Å². The zero-order valence-corrected chi connectivity index (χ0v) is 10.3. The third-order valence-corrected chi connectivity index (χ3v) is 2.17. The average molecular weight is 268 g/mol. The first-order chi connectivity index (χ1) is 7.81. The van der Waals surface area contributed by atoms with E-state index >= 15 is 0 Å². The van der Waals surface area contributed by atoms with Crippen molar-refractivity contribution in [3.63, 3.8) is 0 Å². The summed E-state index contributed by atoms with van der Waals surface area (Å²) in [7, 11) is 0. The van der Waals surface area contributed by atoms with E-state index in [1.54, 1.807) is 13.8 Å². The Bertz CT molecular complexity index is 361. The molecule has 7 heteroatoms. The topological polar surface area (TPSA) is 29.0 Å². The average Bonchev–Trinajstić information content (AvgIpc) is 2.13. The minimum atomic E-state index is -4.26. The van der Waals surface area contributed by atoms with Gasteiger partial charge >= 0.3 is 6.18 Å². The van der Waals surface area contributed by atoms with Gasteiger partial charge in [-0.25, -0.2) is 9.97 Å². The lowest BCUT2D eigenvalue weighted by atomic mass is 10.3. The van der Waals surface area contributed by atoms with Gasteiger partial charge in [-0.05, 0) is 24.9 Å². The molecule has 0 unspecified atom stereocenters. The summed E-state index contributed by atoms with van der Waals surface area (Å²) in [5.41, 5.74) is 0.545. The molecule has 0 saturated carbocycles. The highest BCUT2D eigenvalue weighted by Gasteiger charge is 2.31. The van der Waals surface area contributed by atoms with E-state index in [1.807, 2.05) is 0 Å². The molecule has 0 fully saturated rings. The highest BCUT2D eigenvalue weighted by molar-refractivity contribution is 6.28. The van der Waals surface area contributed by atoms with Crippen molar-refractivity contribution in [2.45, 2.75) is 26.4 Å². The molecule has 0 aliphatic carbocycles. The van der Waals surface area contributed by atoms with Crippen LogP contribution in [0.2, 0.25) is 5.28 Å². The van der Waals surface area contributed by atoms with E-state index in [0.717, 1.165) is 4.90 Å². The molecular formula is C10H13ClF3N3. The van der Waals surface area contributed by atoms with Gasteiger partial charge in [0.25, 0.3) is 0 Å². The van der Waals surface area contributed by atoms with Gasteiger partial charge in [0.1, 0.15) is 12.4 Å². The Morgan fingerprint density at radius 2 is 2.00 bits per heavy atom. The summed E-state index contributed by atoms with van der Waals surface area (Å²) >= 11 is 5.64. The second-order valence-electron chi connectivity index (χ2n) is 3.67. The fourth-order valence-electron chi connectivity index (χ4n) is 1.44. The van der Waals surface area contributed by atoms with Gasteiger partial charge in [-0.1, -0.05) is 6.92 Å². The second-order valence-corrected chi connectivity index (χ2v) is 4.01. The molecule has 3 nitrogen and oxygen atoms in total. The molecule has 1 rings (SSSR count). The molecule has 1 aromatic rings. The predicted molar refractivity (Wildman–Crippen MR) is 60.3 cm³/mol. The number of anilines is 1. The molecular weight excluding hydrogens is 255 g/mol. The summed E-state index contributed by atoms with van der Waals surface area (Å²) in [4.78, 5) is 8.79. The first-order valence-electron chi connectivity index (χ1n) is 5.14. The molecule has 0 aromatic carbocycles. The fourth-order valence-corrected chi connectivity index (χ4v) is 1.66. The van der Waals surface area contributed by atoms with Crippen LogP contribution in [-0.4, -0.2) is 29.2 Å². The molecule has 1 aromatic heterocycles. The monoisotopic (exact) mass is 267 g/mol. The summed E-state index contributed by atoms with van der Waals surface area (Å²) in [6.45, 7) is 2.70. The molecule has 0 aliphatic rings. The molecule has 0 spiro atoms. The molecule has 17 heavy (non-hydrogen) atoms. The van der Waals surface area contributed by atoms with Crippen molar-refractivity contribution < 1.29 is 13.2 Å². The van der Waals surface area contributed by atoms with Crippen molar-refractivity contribution in [3.8, 4) is 0 Å². The molecule has 0 aliphatic heterocycles. The van der Waals surface area contributed by atoms with Crippen LogP contribution in [0.3, 0.4) is 0 Å². The van der Waals surface area contributed by atoms with E-state index in [0.29, 0.717) is 12.1 Å². The fraction of sp³-hybridized carbons (Fsp3) is 0.600. The van der Waals surface area contributed by atoms with Crippen LogP contribution in [0.15, 0.2) is 6.07 Å². The van der Waals surface area contributed by atoms with Gasteiger partial charge in [-0.15, -0.1) is 0 Å². The molecule has 0 radical (unpaired) electrons. The van der Waals surface area contributed by atoms with Crippen LogP contribution in [0.5, 0.6) is 0 Å². The van der Waals surface area contributed by atoms with Crippen molar-refractivity contribution in [2.75, 3.05) is 18.0 Å². The van der Waals surface area contributed by atoms with Crippen LogP contribution in [-0.2, 0) is 0 Å². The maximum atomic E-state index is 12.4. The van der Waals surface area contributed by atoms with E-state index in [1.165, 1.54) is 6.07 Å². The van der Waals surface area contributed by atoms with Crippen LogP contribution >= 0.6 is 11.6 Å². The Labute approximate surface area is 103 Å². The normalized spacial score (nSPS) is 11.6. The Morgan fingerprint density at radius 1 is 1.35 bits per heavy atom. The maximum absolute atomic E-state index is 12.4. The minimum Gasteiger partial charge on any atom is -0.347 e. The Morgan fingerprint density at radius 3 is 2.47 bits per heavy atom. The first kappa shape index (κ1) is 14.0. The maximum Gasteiger partial charge on any atom is 0.405 e. The van der Waals surface area contributed by atoms with E-state index in [4.69, 9.17) is 11.6 Å². The number of hydrogen-bond donors (Lipinski definition) is 0. The molecule has 0 bridgehead atoms. The Kier molecular flexibility index (Phi) is 4.56. The van der Waals surface area contributed by atoms with Crippen LogP contribution in [0.4, 0.5) is 19.0 Å². The van der Waals surface area contributed by atoms with Gasteiger partial charge in [-0.2, -0.15) is 13.2 Å². The third kappa shape index (κ3) is 4.77. The zero-order chi connectivity index (χ0) is 13.1. The second kappa shape index (κ2) is 5.53. The number of alkyl halides is 3. The van der Waals surface area contributed by atoms with Gasteiger partial charge < -0.3 is 4.90 Å². The lowest BCUT2D eigenvalue weighted by Crippen LogP contribution is -2.35. The first-order valence-corrected chi connectivity index (χ1v) is 5.52. The molecule has 0 saturated heterocycles. The number of hydrogen-bond acceptors (Lipinski definition) is 3. The van der Waals surface area contributed by atoms with Crippen molar-refractivity contribution in [2.24, 2.45) is 0 Å². The van der Waals surface area contributed by atoms with E-state index in [-0.39, 0.29) is 17.6 Å². The summed E-state index contributed by atoms with van der Waals surface area (Å²) < 4.78 is 37.2. The minimum absolute atomic E-state index is 0.0386. The van der Waals surface area contributed by atoms with E-state index < -0.39 is 12.7 Å². The van der Waals surface area contributed by atoms with Crippen LogP contribution in [0.1, 0.15) is 19.0 Å². The Hall–Kier alpha value is -1.04. The molecule has 1 heterocycles. The van der Waals surface area contributed by atoms with Crippen molar-refractivity contribution in [1.29, 1.82) is 0 Å². The summed E-state index contributed by atoms with van der Waals surface area (Å²) in [6, 6.07) is 1.49. The number of nitrogens with zero attached hydrogens (tertiary/aromatic N) is 3. The summed E-state index contributed by atoms with van der Waals surface area (Å²) in [6.07, 6.45) is -3.67. The van der Waals surface area contributed by atoms with Crippen molar-refractivity contribution in [1.82, 2.24) is 9.97 Å². The number of aryl methyl sites for hydroxylation is 1. The standard InChI is InChI=1S/C10H13ClF3N3/c1-3-4-17(6-10(12,13)14)8-5-7(2)15-9(11)16-8/h5H,3-4,6H2,1-2H3. The van der Waals surface area contributed by atoms with Gasteiger partial charge in [0, 0.05) is 18.3 Å². The molecule has 0 N–H and O–H groups in total.